The molecule has 0 spiro atoms. The van der Waals surface area contributed by atoms with Crippen molar-refractivity contribution in [2.45, 2.75) is 29.7 Å². The quantitative estimate of drug-likeness (QED) is 0.726. The van der Waals surface area contributed by atoms with Gasteiger partial charge in [0.2, 0.25) is 0 Å². The molecule has 1 atom stereocenters. The van der Waals surface area contributed by atoms with E-state index < -0.39 is 41.3 Å². The molecule has 1 N–H and O–H groups in total. The maximum absolute atomic E-state index is 14.1. The van der Waals surface area contributed by atoms with Gasteiger partial charge in [-0.3, -0.25) is 9.53 Å². The smallest absolute Gasteiger partial charge is 0.428 e. The summed E-state index contributed by atoms with van der Waals surface area (Å²) in [5.74, 6) is -29.2. The van der Waals surface area contributed by atoms with E-state index in [1.807, 2.05) is 0 Å². The van der Waals surface area contributed by atoms with Crippen LogP contribution in [0.1, 0.15) is 0 Å². The Labute approximate surface area is 150 Å². The lowest BCUT2D eigenvalue weighted by atomic mass is 9.99. The van der Waals surface area contributed by atoms with Gasteiger partial charge in [0.25, 0.3) is 0 Å². The molecule has 0 bridgehead atoms. The zero-order valence-electron chi connectivity index (χ0n) is 13.8. The molecule has 0 aliphatic carbocycles. The van der Waals surface area contributed by atoms with Crippen molar-refractivity contribution in [3.63, 3.8) is 0 Å². The lowest BCUT2D eigenvalue weighted by molar-refractivity contribution is -0.366. The molecule has 0 radical (unpaired) electrons. The Bertz CT molecular complexity index is 786. The maximum Gasteiger partial charge on any atom is 0.428 e. The minimum atomic E-state index is -6.76. The minimum absolute atomic E-state index is 0.0912. The van der Waals surface area contributed by atoms with E-state index in [-0.39, 0.29) is 11.5 Å². The number of alkyl halides is 9. The summed E-state index contributed by atoms with van der Waals surface area (Å²) in [6, 6.07) is 2.96. The molecule has 0 saturated carbocycles. The predicted molar refractivity (Wildman–Crippen MR) is 72.9 cm³/mol. The fourth-order valence-corrected chi connectivity index (χ4v) is 2.20. The Morgan fingerprint density at radius 3 is 2.00 bits per heavy atom. The highest BCUT2D eigenvalue weighted by Gasteiger charge is 2.96. The van der Waals surface area contributed by atoms with Crippen molar-refractivity contribution in [2.24, 2.45) is 0 Å². The molecule has 5 nitrogen and oxygen atoms in total. The molecular weight excluding hydrogens is 417 g/mol. The lowest BCUT2D eigenvalue weighted by Gasteiger charge is -2.31. The van der Waals surface area contributed by atoms with Crippen LogP contribution in [-0.4, -0.2) is 49.9 Å². The van der Waals surface area contributed by atoms with Gasteiger partial charge >= 0.3 is 35.6 Å². The van der Waals surface area contributed by atoms with E-state index in [2.05, 4.69) is 4.74 Å². The van der Waals surface area contributed by atoms with E-state index in [9.17, 15) is 44.3 Å². The summed E-state index contributed by atoms with van der Waals surface area (Å²) in [6.45, 7) is 0. The molecule has 1 aromatic rings. The van der Waals surface area contributed by atoms with Crippen LogP contribution in [0.5, 0.6) is 11.5 Å². The van der Waals surface area contributed by atoms with Crippen LogP contribution in [0.15, 0.2) is 18.2 Å². The second-order valence-corrected chi connectivity index (χ2v) is 5.46. The van der Waals surface area contributed by atoms with Gasteiger partial charge in [-0.05, 0) is 12.1 Å². The third kappa shape index (κ3) is 2.72. The molecule has 1 saturated heterocycles. The molecule has 1 unspecified atom stereocenters. The molecular formula is C14H10F9NO4. The summed E-state index contributed by atoms with van der Waals surface area (Å²) in [5.41, 5.74) is -0.656. The number of carbonyl (C=O) groups excluding carboxylic acids is 1. The number of rotatable bonds is 5. The number of amides is 1. The van der Waals surface area contributed by atoms with E-state index >= 15 is 0 Å². The summed E-state index contributed by atoms with van der Waals surface area (Å²) >= 11 is 0. The highest BCUT2D eigenvalue weighted by atomic mass is 19.4. The van der Waals surface area contributed by atoms with Crippen molar-refractivity contribution in [3.8, 4) is 11.5 Å². The lowest BCUT2D eigenvalue weighted by Crippen LogP contribution is -2.63. The Hall–Kier alpha value is -2.38. The molecule has 14 heteroatoms. The van der Waals surface area contributed by atoms with E-state index in [0.29, 0.717) is 0 Å². The van der Waals surface area contributed by atoms with Crippen LogP contribution in [0.4, 0.5) is 45.2 Å². The largest absolute Gasteiger partial charge is 0.497 e. The topological polar surface area (TPSA) is 56.8 Å². The average molecular weight is 427 g/mol. The summed E-state index contributed by atoms with van der Waals surface area (Å²) < 4.78 is 133. The number of ether oxygens (including phenoxy) is 3. The van der Waals surface area contributed by atoms with Crippen molar-refractivity contribution in [2.75, 3.05) is 19.5 Å². The summed E-state index contributed by atoms with van der Waals surface area (Å²) in [7, 11) is 2.20. The Balaban J connectivity index is 2.43. The molecule has 1 aliphatic heterocycles. The molecule has 1 aliphatic rings. The first-order valence-corrected chi connectivity index (χ1v) is 7.03. The van der Waals surface area contributed by atoms with Crippen LogP contribution in [-0.2, 0) is 9.53 Å². The monoisotopic (exact) mass is 427 g/mol. The zero-order valence-corrected chi connectivity index (χ0v) is 13.8. The van der Waals surface area contributed by atoms with Crippen molar-refractivity contribution < 1.29 is 58.5 Å². The maximum atomic E-state index is 14.1. The molecule has 1 aromatic carbocycles. The molecule has 28 heavy (non-hydrogen) atoms. The molecule has 0 aromatic heterocycles. The first kappa shape index (κ1) is 21.9. The van der Waals surface area contributed by atoms with Gasteiger partial charge in [-0.25, -0.2) is 0 Å². The summed E-state index contributed by atoms with van der Waals surface area (Å²) in [5, 5.41) is 1.23. The Kier molecular flexibility index (Phi) is 4.95. The van der Waals surface area contributed by atoms with Crippen LogP contribution in [0, 0.1) is 0 Å². The first-order valence-electron chi connectivity index (χ1n) is 7.03. The van der Waals surface area contributed by atoms with Gasteiger partial charge < -0.3 is 14.8 Å². The number of anilines is 1. The first-order chi connectivity index (χ1) is 12.6. The molecule has 1 fully saturated rings. The number of hydrogen-bond donors (Lipinski definition) is 1. The number of hydrogen-bond acceptors (Lipinski definition) is 4. The van der Waals surface area contributed by atoms with Crippen LogP contribution in [0.25, 0.3) is 0 Å². The predicted octanol–water partition coefficient (Wildman–Crippen LogP) is 3.84. The second kappa shape index (κ2) is 6.32. The highest BCUT2D eigenvalue weighted by Crippen LogP contribution is 2.64. The van der Waals surface area contributed by atoms with Gasteiger partial charge in [0.1, 0.15) is 11.5 Å². The van der Waals surface area contributed by atoms with Gasteiger partial charge in [-0.2, -0.15) is 39.5 Å². The van der Waals surface area contributed by atoms with Gasteiger partial charge in [-0.15, -0.1) is 0 Å². The van der Waals surface area contributed by atoms with Gasteiger partial charge in [-0.1, -0.05) is 0 Å². The Morgan fingerprint density at radius 1 is 1.00 bits per heavy atom. The number of halogens is 9. The van der Waals surface area contributed by atoms with E-state index in [1.165, 1.54) is 12.4 Å². The normalized spacial score (nSPS) is 25.2. The average Bonchev–Trinajstić information content (AvgIpc) is 2.69. The van der Waals surface area contributed by atoms with Gasteiger partial charge in [0.05, 0.1) is 19.9 Å². The number of methoxy groups -OCH3 is 2. The third-order valence-corrected chi connectivity index (χ3v) is 3.78. The molecule has 1 amide bonds. The standard InChI is InChI=1S/C14H10F9NO4/c1-26-6-3-4-7(8(5-6)27-2)24-9(25)10(15,16)13(21)11(17,18)12(19,20)14(22,23)28-13/h3-5H,1-2H3,(H,24,25). The zero-order chi connectivity index (χ0) is 21.8. The van der Waals surface area contributed by atoms with Gasteiger partial charge in [0, 0.05) is 6.07 Å². The van der Waals surface area contributed by atoms with Crippen molar-refractivity contribution in [1.29, 1.82) is 0 Å². The molecule has 1 heterocycles. The minimum Gasteiger partial charge on any atom is -0.497 e. The molecule has 158 valence electrons. The summed E-state index contributed by atoms with van der Waals surface area (Å²) in [4.78, 5) is 11.7. The van der Waals surface area contributed by atoms with E-state index in [0.717, 1.165) is 25.3 Å². The Morgan fingerprint density at radius 2 is 1.57 bits per heavy atom. The second-order valence-electron chi connectivity index (χ2n) is 5.46. The van der Waals surface area contributed by atoms with Crippen LogP contribution in [0.2, 0.25) is 0 Å². The SMILES string of the molecule is COc1ccc(NC(=O)C(F)(F)C2(F)OC(F)(F)C(F)(F)C2(F)F)c(OC)c1. The third-order valence-electron chi connectivity index (χ3n) is 3.78. The number of carbonyl (C=O) groups is 1. The fourth-order valence-electron chi connectivity index (χ4n) is 2.20. The van der Waals surface area contributed by atoms with Crippen molar-refractivity contribution in [1.82, 2.24) is 0 Å². The number of nitrogens with one attached hydrogen (secondary N) is 1. The van der Waals surface area contributed by atoms with E-state index in [4.69, 9.17) is 9.47 Å². The number of benzene rings is 1. The molecule has 2 rings (SSSR count). The summed E-state index contributed by atoms with van der Waals surface area (Å²) in [6.07, 6.45) is -6.31. The highest BCUT2D eigenvalue weighted by molar-refractivity contribution is 5.98. The van der Waals surface area contributed by atoms with Crippen molar-refractivity contribution >= 4 is 11.6 Å². The van der Waals surface area contributed by atoms with Crippen LogP contribution >= 0.6 is 0 Å². The fraction of sp³-hybridized carbons (Fsp3) is 0.500. The van der Waals surface area contributed by atoms with Crippen LogP contribution in [0.3, 0.4) is 0 Å². The van der Waals surface area contributed by atoms with Crippen LogP contribution < -0.4 is 14.8 Å². The van der Waals surface area contributed by atoms with E-state index in [1.54, 1.807) is 0 Å². The van der Waals surface area contributed by atoms with Gasteiger partial charge in [0.15, 0.2) is 0 Å². The van der Waals surface area contributed by atoms with Crippen molar-refractivity contribution in [3.05, 3.63) is 18.2 Å².